The molecule has 0 bridgehead atoms. The van der Waals surface area contributed by atoms with E-state index in [1.54, 1.807) is 17.8 Å². The van der Waals surface area contributed by atoms with E-state index in [0.29, 0.717) is 25.2 Å². The van der Waals surface area contributed by atoms with Crippen LogP contribution in [0.1, 0.15) is 15.9 Å². The predicted molar refractivity (Wildman–Crippen MR) is 103 cm³/mol. The lowest BCUT2D eigenvalue weighted by Gasteiger charge is -2.34. The van der Waals surface area contributed by atoms with E-state index in [1.165, 1.54) is 29.4 Å². The number of benzene rings is 1. The minimum atomic E-state index is -0.167. The molecule has 1 fully saturated rings. The van der Waals surface area contributed by atoms with Crippen molar-refractivity contribution in [1.82, 2.24) is 14.2 Å². The van der Waals surface area contributed by atoms with Crippen molar-refractivity contribution in [2.24, 2.45) is 0 Å². The SMILES string of the molecule is CSc1nsc(SC)c1C(=O)N1CCN(Cc2ccccc2F)CC1. The molecule has 1 saturated heterocycles. The summed E-state index contributed by atoms with van der Waals surface area (Å²) in [5.74, 6) is -0.104. The van der Waals surface area contributed by atoms with E-state index in [0.717, 1.165) is 27.9 Å². The maximum absolute atomic E-state index is 13.8. The van der Waals surface area contributed by atoms with Gasteiger partial charge in [0, 0.05) is 38.3 Å². The van der Waals surface area contributed by atoms with Crippen LogP contribution in [0.5, 0.6) is 0 Å². The first-order chi connectivity index (χ1) is 12.1. The van der Waals surface area contributed by atoms with Crippen LogP contribution in [0.3, 0.4) is 0 Å². The molecule has 0 atom stereocenters. The normalized spacial score (nSPS) is 15.6. The Hall–Kier alpha value is -1.09. The zero-order valence-corrected chi connectivity index (χ0v) is 16.6. The number of amides is 1. The third kappa shape index (κ3) is 4.19. The third-order valence-electron chi connectivity index (χ3n) is 4.23. The molecule has 0 spiro atoms. The van der Waals surface area contributed by atoms with Crippen LogP contribution in [0.4, 0.5) is 4.39 Å². The van der Waals surface area contributed by atoms with Crippen LogP contribution < -0.4 is 0 Å². The maximum atomic E-state index is 13.8. The number of piperazine rings is 1. The summed E-state index contributed by atoms with van der Waals surface area (Å²) in [6.45, 7) is 3.40. The van der Waals surface area contributed by atoms with E-state index in [4.69, 9.17) is 0 Å². The van der Waals surface area contributed by atoms with Crippen molar-refractivity contribution < 1.29 is 9.18 Å². The second-order valence-electron chi connectivity index (χ2n) is 5.72. The zero-order chi connectivity index (χ0) is 17.8. The van der Waals surface area contributed by atoms with Gasteiger partial charge < -0.3 is 4.90 Å². The van der Waals surface area contributed by atoms with Gasteiger partial charge in [-0.2, -0.15) is 4.37 Å². The van der Waals surface area contributed by atoms with E-state index in [9.17, 15) is 9.18 Å². The van der Waals surface area contributed by atoms with Crippen LogP contribution in [-0.4, -0.2) is 58.8 Å². The number of halogens is 1. The standard InChI is InChI=1S/C17H20FN3OS3/c1-23-15-14(17(24-2)25-19-15)16(22)21-9-7-20(8-10-21)11-12-5-3-4-6-13(12)18/h3-6H,7-11H2,1-2H3. The summed E-state index contributed by atoms with van der Waals surface area (Å²) in [6, 6.07) is 6.87. The van der Waals surface area contributed by atoms with Crippen molar-refractivity contribution in [3.63, 3.8) is 0 Å². The molecule has 0 radical (unpaired) electrons. The van der Waals surface area contributed by atoms with Gasteiger partial charge in [0.2, 0.25) is 0 Å². The molecular formula is C17H20FN3OS3. The smallest absolute Gasteiger partial charge is 0.258 e. The van der Waals surface area contributed by atoms with E-state index in [1.807, 2.05) is 29.5 Å². The first-order valence-corrected chi connectivity index (χ1v) is 11.2. The lowest BCUT2D eigenvalue weighted by molar-refractivity contribution is 0.0620. The number of carbonyl (C=O) groups excluding carboxylic acids is 1. The number of rotatable bonds is 5. The average Bonchev–Trinajstić information content (AvgIpc) is 3.07. The third-order valence-corrected chi connectivity index (χ3v) is 6.97. The molecule has 1 amide bonds. The molecule has 2 heterocycles. The number of aromatic nitrogens is 1. The molecule has 134 valence electrons. The van der Waals surface area contributed by atoms with Crippen LogP contribution in [0.2, 0.25) is 0 Å². The van der Waals surface area contributed by atoms with Gasteiger partial charge in [0.05, 0.1) is 9.77 Å². The molecule has 1 aliphatic rings. The number of thioether (sulfide) groups is 2. The van der Waals surface area contributed by atoms with Crippen molar-refractivity contribution in [1.29, 1.82) is 0 Å². The van der Waals surface area contributed by atoms with E-state index < -0.39 is 0 Å². The van der Waals surface area contributed by atoms with Crippen molar-refractivity contribution in [3.8, 4) is 0 Å². The van der Waals surface area contributed by atoms with Gasteiger partial charge in [0.25, 0.3) is 5.91 Å². The highest BCUT2D eigenvalue weighted by molar-refractivity contribution is 8.01. The van der Waals surface area contributed by atoms with Crippen molar-refractivity contribution in [3.05, 3.63) is 41.2 Å². The molecule has 4 nitrogen and oxygen atoms in total. The maximum Gasteiger partial charge on any atom is 0.258 e. The van der Waals surface area contributed by atoms with Gasteiger partial charge in [0.1, 0.15) is 10.8 Å². The highest BCUT2D eigenvalue weighted by Crippen LogP contribution is 2.33. The first kappa shape index (κ1) is 18.7. The molecular weight excluding hydrogens is 377 g/mol. The van der Waals surface area contributed by atoms with Crippen molar-refractivity contribution >= 4 is 41.0 Å². The summed E-state index contributed by atoms with van der Waals surface area (Å²) in [7, 11) is 0. The number of hydrogen-bond donors (Lipinski definition) is 0. The molecule has 0 unspecified atom stereocenters. The van der Waals surface area contributed by atoms with Gasteiger partial charge in [-0.15, -0.1) is 23.5 Å². The van der Waals surface area contributed by atoms with E-state index in [-0.39, 0.29) is 11.7 Å². The summed E-state index contributed by atoms with van der Waals surface area (Å²) in [6.07, 6.45) is 3.92. The molecule has 2 aromatic rings. The average molecular weight is 398 g/mol. The Labute approximate surface area is 159 Å². The van der Waals surface area contributed by atoms with Gasteiger partial charge >= 0.3 is 0 Å². The molecule has 1 aromatic carbocycles. The molecule has 0 aliphatic carbocycles. The minimum absolute atomic E-state index is 0.0630. The summed E-state index contributed by atoms with van der Waals surface area (Å²) < 4.78 is 19.2. The van der Waals surface area contributed by atoms with Crippen LogP contribution in [0.15, 0.2) is 33.5 Å². The van der Waals surface area contributed by atoms with Crippen molar-refractivity contribution in [2.75, 3.05) is 38.7 Å². The number of carbonyl (C=O) groups is 1. The highest BCUT2D eigenvalue weighted by atomic mass is 32.2. The largest absolute Gasteiger partial charge is 0.336 e. The lowest BCUT2D eigenvalue weighted by Crippen LogP contribution is -2.48. The lowest BCUT2D eigenvalue weighted by atomic mass is 10.2. The fourth-order valence-corrected chi connectivity index (χ4v) is 5.12. The Morgan fingerprint density at radius 1 is 1.20 bits per heavy atom. The Balaban J connectivity index is 1.63. The summed E-state index contributed by atoms with van der Waals surface area (Å²) in [4.78, 5) is 17.0. The zero-order valence-electron chi connectivity index (χ0n) is 14.2. The molecule has 1 aromatic heterocycles. The van der Waals surface area contributed by atoms with Crippen LogP contribution in [-0.2, 0) is 6.54 Å². The van der Waals surface area contributed by atoms with Crippen LogP contribution in [0, 0.1) is 5.82 Å². The van der Waals surface area contributed by atoms with Gasteiger partial charge in [-0.25, -0.2) is 4.39 Å². The Morgan fingerprint density at radius 2 is 1.92 bits per heavy atom. The quantitative estimate of drug-likeness (QED) is 0.720. The van der Waals surface area contributed by atoms with Crippen molar-refractivity contribution in [2.45, 2.75) is 15.8 Å². The second kappa shape index (κ2) is 8.53. The van der Waals surface area contributed by atoms with Crippen LogP contribution in [0.25, 0.3) is 0 Å². The van der Waals surface area contributed by atoms with E-state index in [2.05, 4.69) is 9.27 Å². The number of nitrogens with zero attached hydrogens (tertiary/aromatic N) is 3. The Bertz CT molecular complexity index is 723. The molecule has 0 saturated carbocycles. The van der Waals surface area contributed by atoms with Gasteiger partial charge in [-0.3, -0.25) is 9.69 Å². The Morgan fingerprint density at radius 3 is 2.56 bits per heavy atom. The fourth-order valence-electron chi connectivity index (χ4n) is 2.85. The second-order valence-corrected chi connectivity index (χ2v) is 8.36. The molecule has 3 rings (SSSR count). The summed E-state index contributed by atoms with van der Waals surface area (Å²) in [5, 5.41) is 0.813. The van der Waals surface area contributed by atoms with Gasteiger partial charge in [-0.05, 0) is 30.1 Å². The van der Waals surface area contributed by atoms with Gasteiger partial charge in [0.15, 0.2) is 0 Å². The first-order valence-electron chi connectivity index (χ1n) is 7.96. The molecule has 25 heavy (non-hydrogen) atoms. The minimum Gasteiger partial charge on any atom is -0.336 e. The summed E-state index contributed by atoms with van der Waals surface area (Å²) >= 11 is 4.47. The molecule has 1 aliphatic heterocycles. The molecule has 8 heteroatoms. The monoisotopic (exact) mass is 397 g/mol. The Kier molecular flexibility index (Phi) is 6.38. The molecule has 0 N–H and O–H groups in total. The fraction of sp³-hybridized carbons (Fsp3) is 0.412. The van der Waals surface area contributed by atoms with Gasteiger partial charge in [-0.1, -0.05) is 18.2 Å². The topological polar surface area (TPSA) is 36.4 Å². The van der Waals surface area contributed by atoms with E-state index >= 15 is 0 Å². The predicted octanol–water partition coefficient (Wildman–Crippen LogP) is 3.68. The number of hydrogen-bond acceptors (Lipinski definition) is 6. The summed E-state index contributed by atoms with van der Waals surface area (Å²) in [5.41, 5.74) is 1.45. The van der Waals surface area contributed by atoms with Crippen LogP contribution >= 0.6 is 35.1 Å². The highest BCUT2D eigenvalue weighted by Gasteiger charge is 2.28.